The monoisotopic (exact) mass is 277 g/mol. The number of primary amides is 1. The van der Waals surface area contributed by atoms with Gasteiger partial charge in [-0.3, -0.25) is 4.79 Å². The summed E-state index contributed by atoms with van der Waals surface area (Å²) in [5.74, 6) is -0.0123. The number of nitrogens with two attached hydrogens (primary N) is 1. The highest BCUT2D eigenvalue weighted by atomic mass is 79.9. The summed E-state index contributed by atoms with van der Waals surface area (Å²) in [4.78, 5) is 10.9. The highest BCUT2D eigenvalue weighted by Crippen LogP contribution is 2.27. The molecule has 0 saturated heterocycles. The van der Waals surface area contributed by atoms with Crippen LogP contribution in [0, 0.1) is 0 Å². The van der Waals surface area contributed by atoms with E-state index in [-0.39, 0.29) is 5.91 Å². The molecule has 1 amide bonds. The molecule has 1 aromatic rings. The summed E-state index contributed by atoms with van der Waals surface area (Å²) in [6.45, 7) is 0. The molecule has 0 aliphatic heterocycles. The molecule has 2 N–H and O–H groups in total. The van der Waals surface area contributed by atoms with Crippen molar-refractivity contribution in [1.82, 2.24) is 0 Å². The lowest BCUT2D eigenvalue weighted by atomic mass is 9.90. The van der Waals surface area contributed by atoms with Crippen LogP contribution in [-0.4, -0.2) is 5.91 Å². The highest BCUT2D eigenvalue weighted by Gasteiger charge is 2.12. The van der Waals surface area contributed by atoms with Crippen LogP contribution >= 0.6 is 15.9 Å². The van der Waals surface area contributed by atoms with Crippen molar-refractivity contribution in [3.63, 3.8) is 0 Å². The first-order valence-electron chi connectivity index (χ1n) is 5.10. The number of hydrogen-bond acceptors (Lipinski definition) is 1. The Balaban J connectivity index is 2.14. The second kappa shape index (κ2) is 4.66. The average molecular weight is 278 g/mol. The van der Waals surface area contributed by atoms with E-state index < -0.39 is 0 Å². The van der Waals surface area contributed by atoms with Crippen LogP contribution in [0.5, 0.6) is 0 Å². The van der Waals surface area contributed by atoms with Gasteiger partial charge in [-0.15, -0.1) is 0 Å². The molecular weight excluding hydrogens is 266 g/mol. The highest BCUT2D eigenvalue weighted by molar-refractivity contribution is 9.10. The molecule has 1 aliphatic carbocycles. The molecule has 1 unspecified atom stereocenters. The van der Waals surface area contributed by atoms with Crippen molar-refractivity contribution in [1.29, 1.82) is 0 Å². The summed E-state index contributed by atoms with van der Waals surface area (Å²) in [5, 5.41) is 0. The zero-order chi connectivity index (χ0) is 11.5. The molecule has 0 radical (unpaired) electrons. The summed E-state index contributed by atoms with van der Waals surface area (Å²) < 4.78 is 1.07. The van der Waals surface area contributed by atoms with Gasteiger partial charge in [-0.25, -0.2) is 0 Å². The SMILES string of the molecule is NC(=O)C1=CCC(c2ccc(Br)cc2)C=C1. The third-order valence-electron chi connectivity index (χ3n) is 2.68. The van der Waals surface area contributed by atoms with Crippen LogP contribution in [0.4, 0.5) is 0 Å². The maximum absolute atomic E-state index is 10.9. The van der Waals surface area contributed by atoms with Crippen LogP contribution in [0.15, 0.2) is 52.5 Å². The first-order chi connectivity index (χ1) is 7.66. The second-order valence-corrected chi connectivity index (χ2v) is 4.69. The fourth-order valence-electron chi connectivity index (χ4n) is 1.76. The van der Waals surface area contributed by atoms with Crippen LogP contribution < -0.4 is 5.73 Å². The van der Waals surface area contributed by atoms with E-state index in [1.807, 2.05) is 24.3 Å². The van der Waals surface area contributed by atoms with E-state index in [2.05, 4.69) is 28.1 Å². The molecule has 0 saturated carbocycles. The largest absolute Gasteiger partial charge is 0.366 e. The standard InChI is InChI=1S/C13H12BrNO/c14-12-7-5-10(6-8-12)9-1-3-11(4-2-9)13(15)16/h1,3-9H,2H2,(H2,15,16). The Labute approximate surface area is 103 Å². The van der Waals surface area contributed by atoms with Crippen LogP contribution in [0.1, 0.15) is 17.9 Å². The van der Waals surface area contributed by atoms with Gasteiger partial charge in [0.25, 0.3) is 0 Å². The first-order valence-corrected chi connectivity index (χ1v) is 5.90. The minimum Gasteiger partial charge on any atom is -0.366 e. The van der Waals surface area contributed by atoms with Gasteiger partial charge in [-0.1, -0.05) is 46.3 Å². The molecule has 0 heterocycles. The Morgan fingerprint density at radius 3 is 2.50 bits per heavy atom. The van der Waals surface area contributed by atoms with E-state index in [4.69, 9.17) is 5.73 Å². The van der Waals surface area contributed by atoms with Gasteiger partial charge < -0.3 is 5.73 Å². The minimum atomic E-state index is -0.356. The Morgan fingerprint density at radius 2 is 2.00 bits per heavy atom. The Bertz CT molecular complexity index is 459. The summed E-state index contributed by atoms with van der Waals surface area (Å²) in [5.41, 5.74) is 7.06. The lowest BCUT2D eigenvalue weighted by Crippen LogP contribution is -2.14. The Morgan fingerprint density at radius 1 is 1.31 bits per heavy atom. The van der Waals surface area contributed by atoms with Crippen molar-refractivity contribution in [2.24, 2.45) is 5.73 Å². The first kappa shape index (κ1) is 11.1. The number of rotatable bonds is 2. The van der Waals surface area contributed by atoms with Crippen LogP contribution in [0.2, 0.25) is 0 Å². The molecule has 82 valence electrons. The number of benzene rings is 1. The smallest absolute Gasteiger partial charge is 0.248 e. The third kappa shape index (κ3) is 2.42. The molecule has 1 aliphatic rings. The third-order valence-corrected chi connectivity index (χ3v) is 3.21. The maximum Gasteiger partial charge on any atom is 0.248 e. The molecule has 2 rings (SSSR count). The van der Waals surface area contributed by atoms with Crippen LogP contribution in [0.25, 0.3) is 0 Å². The summed E-state index contributed by atoms with van der Waals surface area (Å²) in [7, 11) is 0. The van der Waals surface area contributed by atoms with E-state index in [9.17, 15) is 4.79 Å². The van der Waals surface area contributed by atoms with Gasteiger partial charge in [0.1, 0.15) is 0 Å². The van der Waals surface area contributed by atoms with Gasteiger partial charge in [0, 0.05) is 16.0 Å². The zero-order valence-electron chi connectivity index (χ0n) is 8.69. The van der Waals surface area contributed by atoms with E-state index in [0.717, 1.165) is 10.9 Å². The molecule has 0 fully saturated rings. The molecular formula is C13H12BrNO. The number of halogens is 1. The Kier molecular flexibility index (Phi) is 3.25. The maximum atomic E-state index is 10.9. The van der Waals surface area contributed by atoms with E-state index >= 15 is 0 Å². The number of carbonyl (C=O) groups is 1. The zero-order valence-corrected chi connectivity index (χ0v) is 10.3. The van der Waals surface area contributed by atoms with Crippen molar-refractivity contribution in [2.45, 2.75) is 12.3 Å². The molecule has 1 aromatic carbocycles. The van der Waals surface area contributed by atoms with Gasteiger partial charge in [0.15, 0.2) is 0 Å². The van der Waals surface area contributed by atoms with E-state index in [1.54, 1.807) is 6.08 Å². The van der Waals surface area contributed by atoms with Crippen molar-refractivity contribution in [3.05, 3.63) is 58.1 Å². The second-order valence-electron chi connectivity index (χ2n) is 3.78. The molecule has 0 spiro atoms. The number of hydrogen-bond donors (Lipinski definition) is 1. The molecule has 1 atom stereocenters. The fraction of sp³-hybridized carbons (Fsp3) is 0.154. The summed E-state index contributed by atoms with van der Waals surface area (Å²) in [6, 6.07) is 8.22. The minimum absolute atomic E-state index is 0.344. The van der Waals surface area contributed by atoms with Gasteiger partial charge in [-0.05, 0) is 24.1 Å². The van der Waals surface area contributed by atoms with Gasteiger partial charge >= 0.3 is 0 Å². The van der Waals surface area contributed by atoms with Gasteiger partial charge in [0.05, 0.1) is 0 Å². The molecule has 0 bridgehead atoms. The molecule has 2 nitrogen and oxygen atoms in total. The van der Waals surface area contributed by atoms with Crippen molar-refractivity contribution in [3.8, 4) is 0 Å². The van der Waals surface area contributed by atoms with Crippen molar-refractivity contribution >= 4 is 21.8 Å². The topological polar surface area (TPSA) is 43.1 Å². The van der Waals surface area contributed by atoms with Gasteiger partial charge in [-0.2, -0.15) is 0 Å². The van der Waals surface area contributed by atoms with Crippen molar-refractivity contribution < 1.29 is 4.79 Å². The fourth-order valence-corrected chi connectivity index (χ4v) is 2.02. The summed E-state index contributed by atoms with van der Waals surface area (Å²) >= 11 is 3.41. The van der Waals surface area contributed by atoms with Crippen LogP contribution in [0.3, 0.4) is 0 Å². The van der Waals surface area contributed by atoms with Crippen molar-refractivity contribution in [2.75, 3.05) is 0 Å². The quantitative estimate of drug-likeness (QED) is 0.888. The summed E-state index contributed by atoms with van der Waals surface area (Å²) in [6.07, 6.45) is 6.56. The lowest BCUT2D eigenvalue weighted by Gasteiger charge is -2.15. The van der Waals surface area contributed by atoms with Gasteiger partial charge in [0.2, 0.25) is 5.91 Å². The predicted octanol–water partition coefficient (Wildman–Crippen LogP) is 2.90. The number of carbonyl (C=O) groups excluding carboxylic acids is 1. The number of amides is 1. The normalized spacial score (nSPS) is 19.3. The number of allylic oxidation sites excluding steroid dienone is 2. The van der Waals surface area contributed by atoms with E-state index in [1.165, 1.54) is 5.56 Å². The van der Waals surface area contributed by atoms with Crippen LogP contribution in [-0.2, 0) is 4.79 Å². The van der Waals surface area contributed by atoms with E-state index in [0.29, 0.717) is 11.5 Å². The Hall–Kier alpha value is -1.35. The molecule has 3 heteroatoms. The lowest BCUT2D eigenvalue weighted by molar-refractivity contribution is -0.114. The predicted molar refractivity (Wildman–Crippen MR) is 67.9 cm³/mol. The molecule has 16 heavy (non-hydrogen) atoms. The average Bonchev–Trinajstić information content (AvgIpc) is 2.30. The molecule has 0 aromatic heterocycles.